The highest BCUT2D eigenvalue weighted by Crippen LogP contribution is 2.32. The van der Waals surface area contributed by atoms with Gasteiger partial charge in [0.05, 0.1) is 17.7 Å². The molecule has 6 nitrogen and oxygen atoms in total. The van der Waals surface area contributed by atoms with E-state index in [0.29, 0.717) is 18.0 Å². The SMILES string of the molecule is COc1ccc(S(=O)(=O)Nc2ccc3c(c2)N(C(C)=O)CC3)cc1C. The average Bonchev–Trinajstić information content (AvgIpc) is 2.97. The molecule has 0 aromatic heterocycles. The number of methoxy groups -OCH3 is 1. The molecule has 1 amide bonds. The summed E-state index contributed by atoms with van der Waals surface area (Å²) in [6.07, 6.45) is 0.777. The van der Waals surface area contributed by atoms with Crippen LogP contribution < -0.4 is 14.4 Å². The van der Waals surface area contributed by atoms with Crippen LogP contribution in [0.4, 0.5) is 11.4 Å². The molecule has 25 heavy (non-hydrogen) atoms. The summed E-state index contributed by atoms with van der Waals surface area (Å²) in [7, 11) is -2.18. The second-order valence-corrected chi connectivity index (χ2v) is 7.68. The van der Waals surface area contributed by atoms with Gasteiger partial charge in [-0.2, -0.15) is 0 Å². The number of carbonyl (C=O) groups is 1. The Bertz CT molecular complexity index is 938. The zero-order valence-electron chi connectivity index (χ0n) is 14.4. The quantitative estimate of drug-likeness (QED) is 0.910. The largest absolute Gasteiger partial charge is 0.496 e. The fourth-order valence-electron chi connectivity index (χ4n) is 3.00. The van der Waals surface area contributed by atoms with Gasteiger partial charge in [-0.25, -0.2) is 8.42 Å². The minimum atomic E-state index is -3.72. The molecule has 0 radical (unpaired) electrons. The van der Waals surface area contributed by atoms with E-state index in [4.69, 9.17) is 4.74 Å². The van der Waals surface area contributed by atoms with E-state index in [-0.39, 0.29) is 10.8 Å². The van der Waals surface area contributed by atoms with Crippen LogP contribution >= 0.6 is 0 Å². The first-order chi connectivity index (χ1) is 11.8. The van der Waals surface area contributed by atoms with E-state index in [1.807, 2.05) is 6.07 Å². The minimum absolute atomic E-state index is 0.0514. The van der Waals surface area contributed by atoms with E-state index in [9.17, 15) is 13.2 Å². The number of aryl methyl sites for hydroxylation is 1. The monoisotopic (exact) mass is 360 g/mol. The molecule has 3 rings (SSSR count). The molecule has 2 aromatic rings. The van der Waals surface area contributed by atoms with Gasteiger partial charge in [-0.05, 0) is 54.8 Å². The highest BCUT2D eigenvalue weighted by Gasteiger charge is 2.23. The highest BCUT2D eigenvalue weighted by atomic mass is 32.2. The lowest BCUT2D eigenvalue weighted by atomic mass is 10.1. The van der Waals surface area contributed by atoms with Crippen molar-refractivity contribution in [3.05, 3.63) is 47.5 Å². The Morgan fingerprint density at radius 3 is 2.60 bits per heavy atom. The number of benzene rings is 2. The predicted molar refractivity (Wildman–Crippen MR) is 96.7 cm³/mol. The number of rotatable bonds is 4. The third-order valence-electron chi connectivity index (χ3n) is 4.29. The molecule has 0 fully saturated rings. The number of nitrogens with zero attached hydrogens (tertiary/aromatic N) is 1. The van der Waals surface area contributed by atoms with Crippen molar-refractivity contribution in [1.82, 2.24) is 0 Å². The molecule has 132 valence electrons. The lowest BCUT2D eigenvalue weighted by Gasteiger charge is -2.16. The van der Waals surface area contributed by atoms with Crippen molar-refractivity contribution < 1.29 is 17.9 Å². The number of sulfonamides is 1. The van der Waals surface area contributed by atoms with Gasteiger partial charge in [-0.1, -0.05) is 6.07 Å². The lowest BCUT2D eigenvalue weighted by molar-refractivity contribution is -0.116. The van der Waals surface area contributed by atoms with E-state index < -0.39 is 10.0 Å². The smallest absolute Gasteiger partial charge is 0.261 e. The number of hydrogen-bond donors (Lipinski definition) is 1. The Balaban J connectivity index is 1.90. The lowest BCUT2D eigenvalue weighted by Crippen LogP contribution is -2.25. The van der Waals surface area contributed by atoms with Crippen molar-refractivity contribution in [3.8, 4) is 5.75 Å². The number of amides is 1. The van der Waals surface area contributed by atoms with Gasteiger partial charge in [-0.15, -0.1) is 0 Å². The summed E-state index contributed by atoms with van der Waals surface area (Å²) in [6, 6.07) is 9.98. The van der Waals surface area contributed by atoms with Gasteiger partial charge in [-0.3, -0.25) is 9.52 Å². The van der Waals surface area contributed by atoms with E-state index in [2.05, 4.69) is 4.72 Å². The first-order valence-electron chi connectivity index (χ1n) is 7.90. The van der Waals surface area contributed by atoms with Crippen LogP contribution in [-0.2, 0) is 21.2 Å². The summed E-state index contributed by atoms with van der Waals surface area (Å²) in [5, 5.41) is 0. The van der Waals surface area contributed by atoms with Crippen molar-refractivity contribution in [2.24, 2.45) is 0 Å². The number of nitrogens with one attached hydrogen (secondary N) is 1. The maximum atomic E-state index is 12.6. The second kappa shape index (κ2) is 6.40. The molecular weight excluding hydrogens is 340 g/mol. The first-order valence-corrected chi connectivity index (χ1v) is 9.38. The molecule has 1 aliphatic heterocycles. The summed E-state index contributed by atoms with van der Waals surface area (Å²) < 4.78 is 33.0. The first kappa shape index (κ1) is 17.3. The number of carbonyl (C=O) groups excluding carboxylic acids is 1. The minimum Gasteiger partial charge on any atom is -0.496 e. The Labute approximate surface area is 147 Å². The van der Waals surface area contributed by atoms with Crippen LogP contribution in [0.2, 0.25) is 0 Å². The topological polar surface area (TPSA) is 75.7 Å². The molecule has 0 spiro atoms. The van der Waals surface area contributed by atoms with Crippen LogP contribution in [0.5, 0.6) is 5.75 Å². The van der Waals surface area contributed by atoms with E-state index in [1.54, 1.807) is 43.2 Å². The average molecular weight is 360 g/mol. The van der Waals surface area contributed by atoms with Crippen LogP contribution in [-0.4, -0.2) is 28.0 Å². The summed E-state index contributed by atoms with van der Waals surface area (Å²) in [5.41, 5.74) is 2.97. The van der Waals surface area contributed by atoms with Crippen LogP contribution in [0.15, 0.2) is 41.3 Å². The van der Waals surface area contributed by atoms with E-state index in [0.717, 1.165) is 23.2 Å². The van der Waals surface area contributed by atoms with Crippen molar-refractivity contribution >= 4 is 27.3 Å². The molecule has 1 heterocycles. The number of fused-ring (bicyclic) bond motifs is 1. The Hall–Kier alpha value is -2.54. The normalized spacial score (nSPS) is 13.5. The van der Waals surface area contributed by atoms with Gasteiger partial charge in [0.2, 0.25) is 5.91 Å². The predicted octanol–water partition coefficient (Wildman–Crippen LogP) is 2.71. The van der Waals surface area contributed by atoms with Crippen LogP contribution in [0.25, 0.3) is 0 Å². The standard InChI is InChI=1S/C18H20N2O4S/c1-12-10-16(6-7-18(12)24-3)25(22,23)19-15-5-4-14-8-9-20(13(2)21)17(14)11-15/h4-7,10-11,19H,8-9H2,1-3H3. The number of ether oxygens (including phenoxy) is 1. The third kappa shape index (κ3) is 3.32. The summed E-state index contributed by atoms with van der Waals surface area (Å²) in [6.45, 7) is 3.92. The van der Waals surface area contributed by atoms with Crippen molar-refractivity contribution in [1.29, 1.82) is 0 Å². The third-order valence-corrected chi connectivity index (χ3v) is 5.67. The molecule has 0 saturated carbocycles. The van der Waals surface area contributed by atoms with Gasteiger partial charge >= 0.3 is 0 Å². The maximum absolute atomic E-state index is 12.6. The van der Waals surface area contributed by atoms with Crippen LogP contribution in [0.1, 0.15) is 18.1 Å². The molecule has 1 aliphatic rings. The van der Waals surface area contributed by atoms with Crippen LogP contribution in [0, 0.1) is 6.92 Å². The summed E-state index contributed by atoms with van der Waals surface area (Å²) >= 11 is 0. The zero-order valence-corrected chi connectivity index (χ0v) is 15.2. The van der Waals surface area contributed by atoms with Gasteiger partial charge in [0.15, 0.2) is 0 Å². The molecule has 1 N–H and O–H groups in total. The Kier molecular flexibility index (Phi) is 4.43. The Morgan fingerprint density at radius 2 is 1.96 bits per heavy atom. The number of anilines is 2. The van der Waals surface area contributed by atoms with E-state index in [1.165, 1.54) is 13.0 Å². The maximum Gasteiger partial charge on any atom is 0.261 e. The number of hydrogen-bond acceptors (Lipinski definition) is 4. The van der Waals surface area contributed by atoms with Gasteiger partial charge < -0.3 is 9.64 Å². The molecular formula is C18H20N2O4S. The molecule has 0 atom stereocenters. The van der Waals surface area contributed by atoms with Gasteiger partial charge in [0.25, 0.3) is 10.0 Å². The molecule has 0 aliphatic carbocycles. The Morgan fingerprint density at radius 1 is 1.20 bits per heavy atom. The molecule has 0 saturated heterocycles. The molecule has 0 bridgehead atoms. The fraction of sp³-hybridized carbons (Fsp3) is 0.278. The van der Waals surface area contributed by atoms with Crippen molar-refractivity contribution in [2.45, 2.75) is 25.2 Å². The van der Waals surface area contributed by atoms with Crippen LogP contribution in [0.3, 0.4) is 0 Å². The summed E-state index contributed by atoms with van der Waals surface area (Å²) in [5.74, 6) is 0.582. The van der Waals surface area contributed by atoms with E-state index >= 15 is 0 Å². The summed E-state index contributed by atoms with van der Waals surface area (Å²) in [4.78, 5) is 13.5. The van der Waals surface area contributed by atoms with Gasteiger partial charge in [0, 0.05) is 19.2 Å². The van der Waals surface area contributed by atoms with Crippen molar-refractivity contribution in [2.75, 3.05) is 23.3 Å². The molecule has 2 aromatic carbocycles. The zero-order chi connectivity index (χ0) is 18.2. The fourth-order valence-corrected chi connectivity index (χ4v) is 4.14. The van der Waals surface area contributed by atoms with Crippen molar-refractivity contribution in [3.63, 3.8) is 0 Å². The van der Waals surface area contributed by atoms with Gasteiger partial charge in [0.1, 0.15) is 5.75 Å². The molecule has 7 heteroatoms. The second-order valence-electron chi connectivity index (χ2n) is 6.00. The highest BCUT2D eigenvalue weighted by molar-refractivity contribution is 7.92. The molecule has 0 unspecified atom stereocenters.